The standard InChI is InChI=1S/C8H7BrClN3/c1-2-3-4-11-7-6(9)5-12-8(10)13-7/h5H,4H2,1H3,(H,11,12,13). The summed E-state index contributed by atoms with van der Waals surface area (Å²) in [5, 5.41) is 3.22. The minimum Gasteiger partial charge on any atom is -0.358 e. The normalized spacial score (nSPS) is 8.85. The fourth-order valence-corrected chi connectivity index (χ4v) is 1.15. The lowest BCUT2D eigenvalue weighted by molar-refractivity contribution is 1.13. The van der Waals surface area contributed by atoms with Crippen LogP contribution in [0.15, 0.2) is 10.7 Å². The van der Waals surface area contributed by atoms with Gasteiger partial charge in [0.25, 0.3) is 0 Å². The van der Waals surface area contributed by atoms with Gasteiger partial charge in [-0.25, -0.2) is 4.98 Å². The average Bonchev–Trinajstić information content (AvgIpc) is 2.11. The van der Waals surface area contributed by atoms with Crippen molar-refractivity contribution in [2.24, 2.45) is 0 Å². The van der Waals surface area contributed by atoms with E-state index in [1.54, 1.807) is 13.1 Å². The largest absolute Gasteiger partial charge is 0.358 e. The van der Waals surface area contributed by atoms with Crippen LogP contribution in [-0.4, -0.2) is 16.5 Å². The summed E-state index contributed by atoms with van der Waals surface area (Å²) in [5.41, 5.74) is 0. The zero-order valence-corrected chi connectivity index (χ0v) is 9.28. The third-order valence-corrected chi connectivity index (χ3v) is 2.00. The van der Waals surface area contributed by atoms with Gasteiger partial charge in [0.15, 0.2) is 0 Å². The minimum atomic E-state index is 0.218. The number of hydrogen-bond acceptors (Lipinski definition) is 3. The van der Waals surface area contributed by atoms with Crippen molar-refractivity contribution in [3.8, 4) is 11.8 Å². The van der Waals surface area contributed by atoms with Crippen LogP contribution in [0.5, 0.6) is 0 Å². The van der Waals surface area contributed by atoms with Crippen molar-refractivity contribution < 1.29 is 0 Å². The minimum absolute atomic E-state index is 0.218. The molecule has 1 aromatic rings. The quantitative estimate of drug-likeness (QED) is 0.655. The first-order valence-electron chi connectivity index (χ1n) is 3.55. The van der Waals surface area contributed by atoms with E-state index in [1.165, 1.54) is 0 Å². The predicted molar refractivity (Wildman–Crippen MR) is 56.7 cm³/mol. The lowest BCUT2D eigenvalue weighted by atomic mass is 10.5. The monoisotopic (exact) mass is 259 g/mol. The van der Waals surface area contributed by atoms with Gasteiger partial charge in [-0.05, 0) is 34.5 Å². The third-order valence-electron chi connectivity index (χ3n) is 1.24. The summed E-state index contributed by atoms with van der Waals surface area (Å²) in [6.07, 6.45) is 1.59. The van der Waals surface area contributed by atoms with E-state index in [9.17, 15) is 0 Å². The molecule has 0 bridgehead atoms. The molecule has 0 radical (unpaired) electrons. The van der Waals surface area contributed by atoms with Gasteiger partial charge in [0, 0.05) is 6.20 Å². The SMILES string of the molecule is CC#CCNc1nc(Cl)ncc1Br. The molecule has 13 heavy (non-hydrogen) atoms. The summed E-state index contributed by atoms with van der Waals surface area (Å²) in [6, 6.07) is 0. The molecule has 0 atom stereocenters. The molecule has 3 nitrogen and oxygen atoms in total. The summed E-state index contributed by atoms with van der Waals surface area (Å²) in [5.74, 6) is 6.28. The van der Waals surface area contributed by atoms with Gasteiger partial charge in [0.1, 0.15) is 5.82 Å². The van der Waals surface area contributed by atoms with Gasteiger partial charge < -0.3 is 5.32 Å². The second-order valence-corrected chi connectivity index (χ2v) is 3.31. The van der Waals surface area contributed by atoms with Crippen LogP contribution in [0.1, 0.15) is 6.92 Å². The summed E-state index contributed by atoms with van der Waals surface area (Å²) in [4.78, 5) is 7.77. The lowest BCUT2D eigenvalue weighted by Gasteiger charge is -2.02. The topological polar surface area (TPSA) is 37.8 Å². The fourth-order valence-electron chi connectivity index (χ4n) is 0.686. The van der Waals surface area contributed by atoms with E-state index in [0.29, 0.717) is 12.4 Å². The molecule has 1 heterocycles. The molecule has 0 saturated heterocycles. The highest BCUT2D eigenvalue weighted by Gasteiger charge is 2.01. The van der Waals surface area contributed by atoms with Gasteiger partial charge in [0.05, 0.1) is 11.0 Å². The molecule has 0 aromatic carbocycles. The Labute approximate surface area is 90.1 Å². The van der Waals surface area contributed by atoms with E-state index < -0.39 is 0 Å². The molecule has 0 saturated carbocycles. The van der Waals surface area contributed by atoms with E-state index in [-0.39, 0.29) is 5.28 Å². The number of hydrogen-bond donors (Lipinski definition) is 1. The highest BCUT2D eigenvalue weighted by atomic mass is 79.9. The molecule has 1 N–H and O–H groups in total. The Bertz CT molecular complexity index is 356. The van der Waals surface area contributed by atoms with Crippen molar-refractivity contribution >= 4 is 33.3 Å². The van der Waals surface area contributed by atoms with Gasteiger partial charge in [-0.1, -0.05) is 5.92 Å². The molecular formula is C8H7BrClN3. The molecule has 0 amide bonds. The molecule has 1 rings (SSSR count). The highest BCUT2D eigenvalue weighted by Crippen LogP contribution is 2.19. The van der Waals surface area contributed by atoms with Crippen LogP contribution >= 0.6 is 27.5 Å². The van der Waals surface area contributed by atoms with Gasteiger partial charge >= 0.3 is 0 Å². The van der Waals surface area contributed by atoms with Crippen LogP contribution in [0.4, 0.5) is 5.82 Å². The number of aromatic nitrogens is 2. The van der Waals surface area contributed by atoms with Gasteiger partial charge in [-0.15, -0.1) is 5.92 Å². The second-order valence-electron chi connectivity index (χ2n) is 2.12. The van der Waals surface area contributed by atoms with E-state index in [0.717, 1.165) is 4.47 Å². The Morgan fingerprint density at radius 3 is 3.15 bits per heavy atom. The smallest absolute Gasteiger partial charge is 0.224 e. The van der Waals surface area contributed by atoms with E-state index >= 15 is 0 Å². The second kappa shape index (κ2) is 5.05. The molecule has 0 aliphatic carbocycles. The van der Waals surface area contributed by atoms with Crippen molar-refractivity contribution in [1.82, 2.24) is 9.97 Å². The summed E-state index contributed by atoms with van der Waals surface area (Å²) in [7, 11) is 0. The van der Waals surface area contributed by atoms with E-state index in [4.69, 9.17) is 11.6 Å². The van der Waals surface area contributed by atoms with Crippen LogP contribution in [0, 0.1) is 11.8 Å². The van der Waals surface area contributed by atoms with Crippen LogP contribution in [-0.2, 0) is 0 Å². The predicted octanol–water partition coefficient (Wildman–Crippen LogP) is 2.33. The number of rotatable bonds is 2. The number of nitrogens with one attached hydrogen (secondary N) is 1. The van der Waals surface area contributed by atoms with Gasteiger partial charge in [-0.3, -0.25) is 0 Å². The first-order valence-corrected chi connectivity index (χ1v) is 4.72. The first-order chi connectivity index (χ1) is 6.24. The molecule has 5 heteroatoms. The maximum Gasteiger partial charge on any atom is 0.224 e. The summed E-state index contributed by atoms with van der Waals surface area (Å²) < 4.78 is 0.773. The zero-order valence-electron chi connectivity index (χ0n) is 6.93. The number of halogens is 2. The Morgan fingerprint density at radius 2 is 2.46 bits per heavy atom. The van der Waals surface area contributed by atoms with Crippen molar-refractivity contribution in [3.05, 3.63) is 16.0 Å². The molecule has 0 aliphatic rings. The van der Waals surface area contributed by atoms with Crippen molar-refractivity contribution in [1.29, 1.82) is 0 Å². The van der Waals surface area contributed by atoms with E-state index in [2.05, 4.69) is 43.1 Å². The van der Waals surface area contributed by atoms with Crippen molar-refractivity contribution in [3.63, 3.8) is 0 Å². The Morgan fingerprint density at radius 1 is 1.69 bits per heavy atom. The Hall–Kier alpha value is -0.790. The Balaban J connectivity index is 2.73. The van der Waals surface area contributed by atoms with Crippen LogP contribution < -0.4 is 5.32 Å². The fraction of sp³-hybridized carbons (Fsp3) is 0.250. The van der Waals surface area contributed by atoms with Crippen LogP contribution in [0.3, 0.4) is 0 Å². The molecule has 1 aromatic heterocycles. The van der Waals surface area contributed by atoms with Crippen LogP contribution in [0.2, 0.25) is 5.28 Å². The maximum absolute atomic E-state index is 5.61. The average molecular weight is 261 g/mol. The number of nitrogens with zero attached hydrogens (tertiary/aromatic N) is 2. The third kappa shape index (κ3) is 3.21. The highest BCUT2D eigenvalue weighted by molar-refractivity contribution is 9.10. The molecule has 0 aliphatic heterocycles. The van der Waals surface area contributed by atoms with Crippen molar-refractivity contribution in [2.45, 2.75) is 6.92 Å². The Kier molecular flexibility index (Phi) is 4.00. The van der Waals surface area contributed by atoms with Gasteiger partial charge in [-0.2, -0.15) is 4.98 Å². The zero-order chi connectivity index (χ0) is 9.68. The van der Waals surface area contributed by atoms with Crippen molar-refractivity contribution in [2.75, 3.05) is 11.9 Å². The summed E-state index contributed by atoms with van der Waals surface area (Å²) >= 11 is 8.90. The molecular weight excluding hydrogens is 253 g/mol. The molecule has 0 spiro atoms. The molecule has 0 unspecified atom stereocenters. The summed E-state index contributed by atoms with van der Waals surface area (Å²) in [6.45, 7) is 2.33. The van der Waals surface area contributed by atoms with Gasteiger partial charge in [0.2, 0.25) is 5.28 Å². The van der Waals surface area contributed by atoms with Crippen LogP contribution in [0.25, 0.3) is 0 Å². The number of anilines is 1. The van der Waals surface area contributed by atoms with E-state index in [1.807, 2.05) is 0 Å². The lowest BCUT2D eigenvalue weighted by Crippen LogP contribution is -2.02. The maximum atomic E-state index is 5.61. The first kappa shape index (κ1) is 10.3. The molecule has 68 valence electrons. The molecule has 0 fully saturated rings.